The normalized spacial score (nSPS) is 13.0. The number of nitro benzene ring substituents is 1. The average Bonchev–Trinajstić information content (AvgIpc) is 2.16. The first-order chi connectivity index (χ1) is 7.43. The highest BCUT2D eigenvalue weighted by atomic mass is 19.1. The Morgan fingerprint density at radius 3 is 2.62 bits per heavy atom. The number of rotatable bonds is 3. The van der Waals surface area contributed by atoms with E-state index < -0.39 is 33.9 Å². The van der Waals surface area contributed by atoms with Crippen LogP contribution in [0.15, 0.2) is 18.2 Å². The highest BCUT2D eigenvalue weighted by Gasteiger charge is 2.19. The number of halogens is 2. The zero-order valence-electron chi connectivity index (χ0n) is 8.48. The fraction of sp³-hybridized carbons (Fsp3) is 0.200. The van der Waals surface area contributed by atoms with Crippen LogP contribution in [0.1, 0.15) is 12.5 Å². The quantitative estimate of drug-likeness (QED) is 0.637. The fourth-order valence-corrected chi connectivity index (χ4v) is 1.10. The van der Waals surface area contributed by atoms with Gasteiger partial charge in [0.25, 0.3) is 0 Å². The van der Waals surface area contributed by atoms with Crippen molar-refractivity contribution in [2.75, 3.05) is 0 Å². The molecule has 0 bridgehead atoms. The largest absolute Gasteiger partial charge is 0.325 e. The number of hydrogen-bond donors (Lipinski definition) is 1. The molecule has 6 heteroatoms. The molecule has 86 valence electrons. The van der Waals surface area contributed by atoms with Gasteiger partial charge < -0.3 is 5.73 Å². The van der Waals surface area contributed by atoms with E-state index in [0.717, 1.165) is 18.2 Å². The fourth-order valence-electron chi connectivity index (χ4n) is 1.10. The maximum absolute atomic E-state index is 13.5. The molecule has 0 amide bonds. The molecular formula is C10H10F2N2O2. The van der Waals surface area contributed by atoms with Crippen LogP contribution in [-0.2, 0) is 0 Å². The Morgan fingerprint density at radius 1 is 1.50 bits per heavy atom. The molecule has 1 aromatic rings. The van der Waals surface area contributed by atoms with Crippen molar-refractivity contribution in [2.45, 2.75) is 13.0 Å². The molecule has 4 nitrogen and oxygen atoms in total. The van der Waals surface area contributed by atoms with Gasteiger partial charge in [0.2, 0.25) is 5.82 Å². The van der Waals surface area contributed by atoms with Gasteiger partial charge in [-0.05, 0) is 13.0 Å². The smallest absolute Gasteiger partial charge is 0.305 e. The molecule has 1 unspecified atom stereocenters. The molecule has 0 heterocycles. The first-order valence-corrected chi connectivity index (χ1v) is 4.49. The van der Waals surface area contributed by atoms with E-state index in [4.69, 9.17) is 5.73 Å². The summed E-state index contributed by atoms with van der Waals surface area (Å²) in [5, 5.41) is 10.4. The van der Waals surface area contributed by atoms with Crippen molar-refractivity contribution in [1.82, 2.24) is 0 Å². The molecule has 1 rings (SSSR count). The highest BCUT2D eigenvalue weighted by molar-refractivity contribution is 5.56. The lowest BCUT2D eigenvalue weighted by Gasteiger charge is -2.01. The topological polar surface area (TPSA) is 69.2 Å². The van der Waals surface area contributed by atoms with Crippen LogP contribution in [0.3, 0.4) is 0 Å². The molecule has 2 N–H and O–H groups in total. The molecule has 0 saturated carbocycles. The lowest BCUT2D eigenvalue weighted by molar-refractivity contribution is -0.387. The highest BCUT2D eigenvalue weighted by Crippen LogP contribution is 2.24. The van der Waals surface area contributed by atoms with E-state index in [9.17, 15) is 18.9 Å². The van der Waals surface area contributed by atoms with Crippen LogP contribution >= 0.6 is 0 Å². The minimum atomic E-state index is -1.19. The average molecular weight is 228 g/mol. The zero-order chi connectivity index (χ0) is 12.3. The van der Waals surface area contributed by atoms with Crippen LogP contribution in [0.25, 0.3) is 6.08 Å². The molecule has 0 fully saturated rings. The minimum Gasteiger partial charge on any atom is -0.325 e. The van der Waals surface area contributed by atoms with Crippen molar-refractivity contribution in [3.8, 4) is 0 Å². The second-order valence-corrected chi connectivity index (χ2v) is 3.27. The zero-order valence-corrected chi connectivity index (χ0v) is 8.48. The Labute approximate surface area is 90.5 Å². The van der Waals surface area contributed by atoms with Gasteiger partial charge in [-0.2, -0.15) is 4.39 Å². The van der Waals surface area contributed by atoms with Crippen LogP contribution < -0.4 is 5.73 Å². The van der Waals surface area contributed by atoms with E-state index in [1.54, 1.807) is 6.92 Å². The second-order valence-electron chi connectivity index (χ2n) is 3.27. The number of nitrogens with two attached hydrogens (primary N) is 1. The maximum Gasteiger partial charge on any atom is 0.305 e. The van der Waals surface area contributed by atoms with Gasteiger partial charge in [0.05, 0.1) is 10.5 Å². The van der Waals surface area contributed by atoms with E-state index in [1.807, 2.05) is 0 Å². The lowest BCUT2D eigenvalue weighted by atomic mass is 10.1. The van der Waals surface area contributed by atoms with E-state index in [-0.39, 0.29) is 0 Å². The molecule has 16 heavy (non-hydrogen) atoms. The summed E-state index contributed by atoms with van der Waals surface area (Å²) < 4.78 is 26.7. The molecule has 0 aromatic heterocycles. The van der Waals surface area contributed by atoms with Crippen molar-refractivity contribution < 1.29 is 13.7 Å². The van der Waals surface area contributed by atoms with Crippen molar-refractivity contribution in [3.63, 3.8) is 0 Å². The summed E-state index contributed by atoms with van der Waals surface area (Å²) in [4.78, 5) is 9.51. The number of nitro groups is 1. The molecule has 0 spiro atoms. The van der Waals surface area contributed by atoms with Gasteiger partial charge >= 0.3 is 5.69 Å². The molecule has 0 aliphatic carbocycles. The van der Waals surface area contributed by atoms with Gasteiger partial charge in [0, 0.05) is 12.1 Å². The third-order valence-electron chi connectivity index (χ3n) is 1.87. The van der Waals surface area contributed by atoms with Crippen LogP contribution in [0, 0.1) is 21.7 Å². The summed E-state index contributed by atoms with van der Waals surface area (Å²) in [5.41, 5.74) is 4.16. The number of benzene rings is 1. The monoisotopic (exact) mass is 228 g/mol. The standard InChI is InChI=1S/C10H10F2N2O2/c1-6(13)2-3-7-8(11)4-5-9(10(7)12)14(15)16/h2-6H,13H2,1H3/b3-2+. The third-order valence-corrected chi connectivity index (χ3v) is 1.87. The second kappa shape index (κ2) is 4.80. The van der Waals surface area contributed by atoms with E-state index in [2.05, 4.69) is 0 Å². The van der Waals surface area contributed by atoms with Gasteiger partial charge in [-0.1, -0.05) is 12.2 Å². The van der Waals surface area contributed by atoms with Crippen LogP contribution in [-0.4, -0.2) is 11.0 Å². The Kier molecular flexibility index (Phi) is 3.68. The Bertz CT molecular complexity index is 445. The summed E-state index contributed by atoms with van der Waals surface area (Å²) in [7, 11) is 0. The predicted molar refractivity (Wildman–Crippen MR) is 55.7 cm³/mol. The van der Waals surface area contributed by atoms with E-state index in [0.29, 0.717) is 0 Å². The summed E-state index contributed by atoms with van der Waals surface area (Å²) >= 11 is 0. The van der Waals surface area contributed by atoms with Crippen LogP contribution in [0.5, 0.6) is 0 Å². The van der Waals surface area contributed by atoms with Gasteiger partial charge in [-0.15, -0.1) is 0 Å². The maximum atomic E-state index is 13.5. The first-order valence-electron chi connectivity index (χ1n) is 4.49. The molecule has 0 radical (unpaired) electrons. The Balaban J connectivity index is 3.26. The number of nitrogens with zero attached hydrogens (tertiary/aromatic N) is 1. The van der Waals surface area contributed by atoms with E-state index >= 15 is 0 Å². The van der Waals surface area contributed by atoms with Crippen molar-refractivity contribution in [3.05, 3.63) is 45.5 Å². The van der Waals surface area contributed by atoms with Crippen LogP contribution in [0.2, 0.25) is 0 Å². The van der Waals surface area contributed by atoms with Gasteiger partial charge in [-0.25, -0.2) is 4.39 Å². The third kappa shape index (κ3) is 2.60. The molecule has 0 aliphatic rings. The minimum absolute atomic E-state index is 0.391. The lowest BCUT2D eigenvalue weighted by Crippen LogP contribution is -2.10. The molecular weight excluding hydrogens is 218 g/mol. The molecule has 0 saturated heterocycles. The SMILES string of the molecule is CC(N)/C=C/c1c(F)ccc([N+](=O)[O-])c1F. The van der Waals surface area contributed by atoms with Crippen molar-refractivity contribution in [2.24, 2.45) is 5.73 Å². The summed E-state index contributed by atoms with van der Waals surface area (Å²) in [6.07, 6.45) is 2.45. The van der Waals surface area contributed by atoms with Gasteiger partial charge in [-0.3, -0.25) is 10.1 Å². The summed E-state index contributed by atoms with van der Waals surface area (Å²) in [6.45, 7) is 1.61. The summed E-state index contributed by atoms with van der Waals surface area (Å²) in [6, 6.07) is 1.24. The van der Waals surface area contributed by atoms with Gasteiger partial charge in [0.1, 0.15) is 5.82 Å². The predicted octanol–water partition coefficient (Wildman–Crippen LogP) is 2.23. The van der Waals surface area contributed by atoms with Gasteiger partial charge in [0.15, 0.2) is 0 Å². The Morgan fingerprint density at radius 2 is 2.12 bits per heavy atom. The van der Waals surface area contributed by atoms with Crippen molar-refractivity contribution >= 4 is 11.8 Å². The van der Waals surface area contributed by atoms with Crippen molar-refractivity contribution in [1.29, 1.82) is 0 Å². The van der Waals surface area contributed by atoms with Crippen LogP contribution in [0.4, 0.5) is 14.5 Å². The summed E-state index contributed by atoms with van der Waals surface area (Å²) in [5.74, 6) is -2.05. The van der Waals surface area contributed by atoms with E-state index in [1.165, 1.54) is 6.08 Å². The molecule has 1 atom stereocenters. The molecule has 0 aliphatic heterocycles. The molecule has 1 aromatic carbocycles. The number of hydrogen-bond acceptors (Lipinski definition) is 3. The Hall–Kier alpha value is -1.82. The first kappa shape index (κ1) is 12.3.